The van der Waals surface area contributed by atoms with E-state index in [0.29, 0.717) is 5.75 Å². The minimum Gasteiger partial charge on any atom is -0.480 e. The molecule has 0 aliphatic heterocycles. The Balaban J connectivity index is 3.17. The van der Waals surface area contributed by atoms with Gasteiger partial charge in [0.15, 0.2) is 0 Å². The molecule has 0 heterocycles. The van der Waals surface area contributed by atoms with Gasteiger partial charge in [-0.25, -0.2) is 0 Å². The molecule has 2 nitrogen and oxygen atoms in total. The summed E-state index contributed by atoms with van der Waals surface area (Å²) in [6, 6.07) is 0. The van der Waals surface area contributed by atoms with Gasteiger partial charge in [-0.1, -0.05) is 0 Å². The zero-order valence-electron chi connectivity index (χ0n) is 6.25. The molecule has 0 bridgehead atoms. The lowest BCUT2D eigenvalue weighted by molar-refractivity contribution is -0.136. The van der Waals surface area contributed by atoms with E-state index in [1.807, 2.05) is 6.26 Å². The highest BCUT2D eigenvalue weighted by Gasteiger charge is 2.12. The smallest absolute Gasteiger partial charge is 0.322 e. The molecular formula is C6H11ClO2S2. The van der Waals surface area contributed by atoms with E-state index in [-0.39, 0.29) is 0 Å². The van der Waals surface area contributed by atoms with E-state index < -0.39 is 11.3 Å². The molecule has 0 amide bonds. The average Bonchev–Trinajstić information content (AvgIpc) is 1.97. The Labute approximate surface area is 80.1 Å². The summed E-state index contributed by atoms with van der Waals surface area (Å²) in [4.78, 5) is 10.2. The van der Waals surface area contributed by atoms with Crippen LogP contribution in [0, 0.1) is 0 Å². The largest absolute Gasteiger partial charge is 0.480 e. The van der Waals surface area contributed by atoms with Crippen LogP contribution in [0.15, 0.2) is 0 Å². The second kappa shape index (κ2) is 7.13. The Bertz CT molecular complexity index is 121. The van der Waals surface area contributed by atoms with Crippen LogP contribution in [0.3, 0.4) is 0 Å². The Kier molecular flexibility index (Phi) is 7.43. The first kappa shape index (κ1) is 11.5. The van der Waals surface area contributed by atoms with Crippen LogP contribution < -0.4 is 0 Å². The van der Waals surface area contributed by atoms with Crippen molar-refractivity contribution in [2.24, 2.45) is 0 Å². The fourth-order valence-corrected chi connectivity index (χ4v) is 2.32. The number of hydrogen-bond donors (Lipinski definition) is 1. The number of carboxylic acids is 1. The highest BCUT2D eigenvalue weighted by atomic mass is 35.5. The van der Waals surface area contributed by atoms with Crippen molar-refractivity contribution < 1.29 is 9.90 Å². The van der Waals surface area contributed by atoms with Gasteiger partial charge in [0.2, 0.25) is 0 Å². The summed E-state index contributed by atoms with van der Waals surface area (Å²) in [7, 11) is 0. The number of carboxylic acid groups (broad SMARTS) is 1. The Morgan fingerprint density at radius 1 is 1.64 bits per heavy atom. The van der Waals surface area contributed by atoms with E-state index in [0.717, 1.165) is 11.5 Å². The zero-order chi connectivity index (χ0) is 8.69. The minimum atomic E-state index is -0.927. The predicted molar refractivity (Wildman–Crippen MR) is 53.0 cm³/mol. The maximum atomic E-state index is 10.2. The first-order valence-electron chi connectivity index (χ1n) is 3.12. The van der Waals surface area contributed by atoms with Crippen LogP contribution in [-0.4, -0.2) is 40.0 Å². The summed E-state index contributed by atoms with van der Waals surface area (Å²) in [5.41, 5.74) is 0. The van der Waals surface area contributed by atoms with Crippen LogP contribution >= 0.6 is 35.1 Å². The number of thioether (sulfide) groups is 2. The molecule has 1 N–H and O–H groups in total. The molecule has 0 saturated carbocycles. The van der Waals surface area contributed by atoms with Crippen LogP contribution in [0.5, 0.6) is 0 Å². The average molecular weight is 215 g/mol. The molecule has 11 heavy (non-hydrogen) atoms. The van der Waals surface area contributed by atoms with Crippen molar-refractivity contribution in [1.29, 1.82) is 0 Å². The predicted octanol–water partition coefficient (Wildman–Crippen LogP) is 1.77. The SMILES string of the molecule is CSCCSC[C@@H](Cl)C(=O)O. The lowest BCUT2D eigenvalue weighted by Gasteiger charge is -2.02. The molecule has 0 aliphatic rings. The minimum absolute atomic E-state index is 0.497. The van der Waals surface area contributed by atoms with Crippen LogP contribution in [0.2, 0.25) is 0 Å². The van der Waals surface area contributed by atoms with Gasteiger partial charge in [-0.2, -0.15) is 23.5 Å². The van der Waals surface area contributed by atoms with Crippen molar-refractivity contribution in [2.75, 3.05) is 23.5 Å². The molecule has 0 rings (SSSR count). The summed E-state index contributed by atoms with van der Waals surface area (Å²) in [5.74, 6) is 1.59. The van der Waals surface area contributed by atoms with Gasteiger partial charge in [0.25, 0.3) is 0 Å². The van der Waals surface area contributed by atoms with Crippen molar-refractivity contribution in [3.05, 3.63) is 0 Å². The van der Waals surface area contributed by atoms with Gasteiger partial charge in [-0.15, -0.1) is 11.6 Å². The van der Waals surface area contributed by atoms with E-state index in [4.69, 9.17) is 16.7 Å². The fraction of sp³-hybridized carbons (Fsp3) is 0.833. The molecule has 0 aromatic rings. The fourth-order valence-electron chi connectivity index (χ4n) is 0.400. The summed E-state index contributed by atoms with van der Waals surface area (Å²) in [5, 5.41) is 7.65. The molecule has 0 aromatic carbocycles. The summed E-state index contributed by atoms with van der Waals surface area (Å²) in [6.45, 7) is 0. The van der Waals surface area contributed by atoms with Gasteiger partial charge >= 0.3 is 5.97 Å². The molecule has 5 heteroatoms. The Morgan fingerprint density at radius 2 is 2.27 bits per heavy atom. The van der Waals surface area contributed by atoms with Crippen LogP contribution in [0.25, 0.3) is 0 Å². The second-order valence-electron chi connectivity index (χ2n) is 1.87. The topological polar surface area (TPSA) is 37.3 Å². The van der Waals surface area contributed by atoms with Crippen molar-refractivity contribution in [3.8, 4) is 0 Å². The van der Waals surface area contributed by atoms with E-state index >= 15 is 0 Å². The van der Waals surface area contributed by atoms with Crippen molar-refractivity contribution in [3.63, 3.8) is 0 Å². The normalized spacial score (nSPS) is 12.9. The maximum Gasteiger partial charge on any atom is 0.322 e. The monoisotopic (exact) mass is 214 g/mol. The number of carbonyl (C=O) groups is 1. The third kappa shape index (κ3) is 6.84. The van der Waals surface area contributed by atoms with E-state index in [1.54, 1.807) is 23.5 Å². The number of alkyl halides is 1. The van der Waals surface area contributed by atoms with E-state index in [9.17, 15) is 4.79 Å². The van der Waals surface area contributed by atoms with Gasteiger partial charge in [-0.3, -0.25) is 4.79 Å². The summed E-state index contributed by atoms with van der Waals surface area (Å²) < 4.78 is 0. The second-order valence-corrected chi connectivity index (χ2v) is 4.54. The number of halogens is 1. The van der Waals surface area contributed by atoms with Gasteiger partial charge in [0.05, 0.1) is 0 Å². The summed E-state index contributed by atoms with van der Waals surface area (Å²) in [6.07, 6.45) is 2.02. The first-order valence-corrected chi connectivity index (χ1v) is 6.10. The number of aliphatic carboxylic acids is 1. The third-order valence-corrected chi connectivity index (χ3v) is 3.42. The molecule has 0 spiro atoms. The van der Waals surface area contributed by atoms with Gasteiger partial charge < -0.3 is 5.11 Å². The molecule has 0 fully saturated rings. The van der Waals surface area contributed by atoms with Gasteiger partial charge in [0, 0.05) is 17.3 Å². The van der Waals surface area contributed by atoms with Gasteiger partial charge in [-0.05, 0) is 6.26 Å². The Morgan fingerprint density at radius 3 is 2.73 bits per heavy atom. The highest BCUT2D eigenvalue weighted by Crippen LogP contribution is 2.09. The number of rotatable bonds is 6. The quantitative estimate of drug-likeness (QED) is 0.540. The van der Waals surface area contributed by atoms with Crippen LogP contribution in [0.4, 0.5) is 0 Å². The van der Waals surface area contributed by atoms with Gasteiger partial charge in [0.1, 0.15) is 5.38 Å². The first-order chi connectivity index (χ1) is 5.18. The van der Waals surface area contributed by atoms with Crippen molar-refractivity contribution >= 4 is 41.1 Å². The molecule has 0 radical (unpaired) electrons. The zero-order valence-corrected chi connectivity index (χ0v) is 8.64. The molecule has 0 unspecified atom stereocenters. The molecule has 0 saturated heterocycles. The standard InChI is InChI=1S/C6H11ClO2S2/c1-10-2-3-11-4-5(7)6(8)9/h5H,2-4H2,1H3,(H,8,9)/t5-/m1/s1. The highest BCUT2D eigenvalue weighted by molar-refractivity contribution is 8.02. The third-order valence-electron chi connectivity index (χ3n) is 0.964. The van der Waals surface area contributed by atoms with Crippen molar-refractivity contribution in [2.45, 2.75) is 5.38 Å². The Hall–Kier alpha value is 0.460. The molecule has 0 aromatic heterocycles. The lowest BCUT2D eigenvalue weighted by atomic mass is 10.5. The summed E-state index contributed by atoms with van der Waals surface area (Å²) >= 11 is 8.80. The van der Waals surface area contributed by atoms with Crippen LogP contribution in [-0.2, 0) is 4.79 Å². The van der Waals surface area contributed by atoms with Crippen LogP contribution in [0.1, 0.15) is 0 Å². The maximum absolute atomic E-state index is 10.2. The molecule has 0 aliphatic carbocycles. The molecule has 66 valence electrons. The van der Waals surface area contributed by atoms with E-state index in [2.05, 4.69) is 0 Å². The van der Waals surface area contributed by atoms with Crippen molar-refractivity contribution in [1.82, 2.24) is 0 Å². The number of hydrogen-bond acceptors (Lipinski definition) is 3. The van der Waals surface area contributed by atoms with E-state index in [1.165, 1.54) is 0 Å². The molecule has 1 atom stereocenters. The lowest BCUT2D eigenvalue weighted by Crippen LogP contribution is -2.16. The molecular weight excluding hydrogens is 204 g/mol.